The van der Waals surface area contributed by atoms with Crippen molar-refractivity contribution in [3.63, 3.8) is 0 Å². The number of anilines is 1. The monoisotopic (exact) mass is 558 g/mol. The molecular formula is C31H30N2O6S. The van der Waals surface area contributed by atoms with Crippen molar-refractivity contribution in [3.05, 3.63) is 83.4 Å². The van der Waals surface area contributed by atoms with E-state index in [0.29, 0.717) is 52.2 Å². The number of aliphatic hydroxyl groups is 1. The van der Waals surface area contributed by atoms with Gasteiger partial charge in [-0.1, -0.05) is 36.8 Å². The number of thiazole rings is 1. The molecule has 9 heteroatoms. The minimum atomic E-state index is -0.913. The summed E-state index contributed by atoms with van der Waals surface area (Å²) >= 11 is 1.28. The molecular weight excluding hydrogens is 528 g/mol. The van der Waals surface area contributed by atoms with Crippen LogP contribution in [0.4, 0.5) is 5.13 Å². The number of nitrogens with zero attached hydrogens (tertiary/aromatic N) is 2. The first-order valence-corrected chi connectivity index (χ1v) is 14.0. The second-order valence-corrected chi connectivity index (χ2v) is 10.2. The summed E-state index contributed by atoms with van der Waals surface area (Å²) < 4.78 is 17.6. The minimum Gasteiger partial charge on any atom is -0.507 e. The molecule has 1 aromatic heterocycles. The highest BCUT2D eigenvalue weighted by Crippen LogP contribution is 2.45. The maximum atomic E-state index is 13.6. The Bertz CT molecular complexity index is 1580. The van der Waals surface area contributed by atoms with Gasteiger partial charge in [0, 0.05) is 5.56 Å². The van der Waals surface area contributed by atoms with Gasteiger partial charge in [-0.25, -0.2) is 4.98 Å². The molecule has 5 rings (SSSR count). The zero-order valence-electron chi connectivity index (χ0n) is 22.5. The third kappa shape index (κ3) is 5.24. The van der Waals surface area contributed by atoms with Crippen LogP contribution < -0.4 is 19.1 Å². The summed E-state index contributed by atoms with van der Waals surface area (Å²) in [5, 5.41) is 11.8. The van der Waals surface area contributed by atoms with Crippen molar-refractivity contribution in [3.8, 4) is 17.2 Å². The average molecular weight is 559 g/mol. The molecule has 0 radical (unpaired) electrons. The number of amides is 1. The van der Waals surface area contributed by atoms with Gasteiger partial charge in [0.15, 0.2) is 5.13 Å². The molecule has 8 nitrogen and oxygen atoms in total. The second kappa shape index (κ2) is 11.8. The summed E-state index contributed by atoms with van der Waals surface area (Å²) in [5.41, 5.74) is 1.67. The first-order valence-electron chi connectivity index (χ1n) is 13.2. The molecule has 0 saturated carbocycles. The van der Waals surface area contributed by atoms with Crippen LogP contribution in [0.15, 0.2) is 72.3 Å². The lowest BCUT2D eigenvalue weighted by atomic mass is 9.95. The Morgan fingerprint density at radius 1 is 0.975 bits per heavy atom. The van der Waals surface area contributed by atoms with Gasteiger partial charge in [0.2, 0.25) is 0 Å². The van der Waals surface area contributed by atoms with Crippen LogP contribution in [0.1, 0.15) is 43.9 Å². The Morgan fingerprint density at radius 2 is 1.73 bits per heavy atom. The number of ketones is 1. The molecule has 3 aromatic carbocycles. The zero-order valence-corrected chi connectivity index (χ0v) is 23.4. The predicted molar refractivity (Wildman–Crippen MR) is 155 cm³/mol. The molecule has 1 unspecified atom stereocenters. The standard InChI is InChI=1S/C31H30N2O6S/c1-4-6-16-39-22-9-7-8-20(17-22)27-26(28(34)19-10-12-21(37-3)13-11-19)29(35)30(36)33(27)31-32-24-15-14-23(38-5-2)18-25(24)40-31/h7-15,17-18,27,34H,4-6,16H2,1-3H3/b28-26+. The van der Waals surface area contributed by atoms with Crippen molar-refractivity contribution in [1.82, 2.24) is 4.98 Å². The van der Waals surface area contributed by atoms with Crippen molar-refractivity contribution in [2.24, 2.45) is 0 Å². The fourth-order valence-electron chi connectivity index (χ4n) is 4.61. The molecule has 1 saturated heterocycles. The van der Waals surface area contributed by atoms with Crippen LogP contribution in [-0.2, 0) is 9.59 Å². The van der Waals surface area contributed by atoms with E-state index in [4.69, 9.17) is 19.2 Å². The molecule has 4 aromatic rings. The van der Waals surface area contributed by atoms with Crippen LogP contribution in [-0.4, -0.2) is 42.1 Å². The van der Waals surface area contributed by atoms with Crippen LogP contribution in [0.3, 0.4) is 0 Å². The summed E-state index contributed by atoms with van der Waals surface area (Å²) in [6.07, 6.45) is 1.89. The second-order valence-electron chi connectivity index (χ2n) is 9.23. The van der Waals surface area contributed by atoms with Gasteiger partial charge in [0.05, 0.1) is 42.2 Å². The van der Waals surface area contributed by atoms with E-state index >= 15 is 0 Å². The molecule has 1 aliphatic rings. The third-order valence-electron chi connectivity index (χ3n) is 6.61. The Labute approximate surface area is 236 Å². The number of unbranched alkanes of at least 4 members (excludes halogenated alkanes) is 1. The highest BCUT2D eigenvalue weighted by atomic mass is 32.1. The van der Waals surface area contributed by atoms with Crippen molar-refractivity contribution in [2.75, 3.05) is 25.2 Å². The maximum Gasteiger partial charge on any atom is 0.301 e. The van der Waals surface area contributed by atoms with Crippen molar-refractivity contribution in [2.45, 2.75) is 32.7 Å². The average Bonchev–Trinajstić information content (AvgIpc) is 3.50. The summed E-state index contributed by atoms with van der Waals surface area (Å²) in [5.74, 6) is 0.0927. The quantitative estimate of drug-likeness (QED) is 0.103. The van der Waals surface area contributed by atoms with E-state index in [1.54, 1.807) is 37.4 Å². The van der Waals surface area contributed by atoms with E-state index < -0.39 is 17.7 Å². The largest absolute Gasteiger partial charge is 0.507 e. The lowest BCUT2D eigenvalue weighted by Crippen LogP contribution is -2.29. The number of benzene rings is 3. The summed E-state index contributed by atoms with van der Waals surface area (Å²) in [4.78, 5) is 33.2. The summed E-state index contributed by atoms with van der Waals surface area (Å²) in [6, 6.07) is 18.5. The Hall–Kier alpha value is -4.37. The van der Waals surface area contributed by atoms with Crippen molar-refractivity contribution in [1.29, 1.82) is 0 Å². The fraction of sp³-hybridized carbons (Fsp3) is 0.258. The van der Waals surface area contributed by atoms with Crippen LogP contribution in [0, 0.1) is 0 Å². The molecule has 206 valence electrons. The van der Waals surface area contributed by atoms with Gasteiger partial charge in [-0.2, -0.15) is 0 Å². The lowest BCUT2D eigenvalue weighted by Gasteiger charge is -2.23. The lowest BCUT2D eigenvalue weighted by molar-refractivity contribution is -0.132. The SMILES string of the molecule is CCCCOc1cccc(C2/C(=C(\O)c3ccc(OC)cc3)C(=O)C(=O)N2c2nc3ccc(OCC)cc3s2)c1. The van der Waals surface area contributed by atoms with E-state index in [1.807, 2.05) is 43.3 Å². The number of Topliss-reactive ketones (excluding diaryl/α,β-unsaturated/α-hetero) is 1. The normalized spacial score (nSPS) is 16.5. The number of methoxy groups -OCH3 is 1. The van der Waals surface area contributed by atoms with Gasteiger partial charge in [-0.15, -0.1) is 0 Å². The minimum absolute atomic E-state index is 0.0184. The molecule has 40 heavy (non-hydrogen) atoms. The van der Waals surface area contributed by atoms with Crippen LogP contribution >= 0.6 is 11.3 Å². The van der Waals surface area contributed by atoms with E-state index in [2.05, 4.69) is 6.92 Å². The van der Waals surface area contributed by atoms with Crippen molar-refractivity contribution >= 4 is 44.1 Å². The van der Waals surface area contributed by atoms with E-state index in [9.17, 15) is 14.7 Å². The van der Waals surface area contributed by atoms with E-state index in [-0.39, 0.29) is 11.3 Å². The van der Waals surface area contributed by atoms with Gasteiger partial charge < -0.3 is 19.3 Å². The Kier molecular flexibility index (Phi) is 8.02. The molecule has 1 N–H and O–H groups in total. The number of aliphatic hydroxyl groups excluding tert-OH is 1. The molecule has 0 bridgehead atoms. The number of ether oxygens (including phenoxy) is 3. The van der Waals surface area contributed by atoms with Gasteiger partial charge in [0.25, 0.3) is 5.78 Å². The van der Waals surface area contributed by atoms with Gasteiger partial charge in [0.1, 0.15) is 23.0 Å². The van der Waals surface area contributed by atoms with Gasteiger partial charge in [-0.05, 0) is 73.5 Å². The fourth-order valence-corrected chi connectivity index (χ4v) is 5.63. The topological polar surface area (TPSA) is 98.2 Å². The molecule has 0 spiro atoms. The smallest absolute Gasteiger partial charge is 0.301 e. The number of aromatic nitrogens is 1. The number of hydrogen-bond donors (Lipinski definition) is 1. The first kappa shape index (κ1) is 27.2. The predicted octanol–water partition coefficient (Wildman–Crippen LogP) is 6.51. The summed E-state index contributed by atoms with van der Waals surface area (Å²) in [7, 11) is 1.55. The van der Waals surface area contributed by atoms with Gasteiger partial charge >= 0.3 is 5.91 Å². The molecule has 1 amide bonds. The maximum absolute atomic E-state index is 13.6. The molecule has 1 aliphatic heterocycles. The molecule has 2 heterocycles. The number of rotatable bonds is 10. The number of hydrogen-bond acceptors (Lipinski definition) is 8. The number of carbonyl (C=O) groups is 2. The number of carbonyl (C=O) groups excluding carboxylic acids is 2. The number of fused-ring (bicyclic) bond motifs is 1. The highest BCUT2D eigenvalue weighted by Gasteiger charge is 2.48. The Balaban J connectivity index is 1.65. The highest BCUT2D eigenvalue weighted by molar-refractivity contribution is 7.22. The van der Waals surface area contributed by atoms with E-state index in [0.717, 1.165) is 17.5 Å². The van der Waals surface area contributed by atoms with Crippen LogP contribution in [0.2, 0.25) is 0 Å². The third-order valence-corrected chi connectivity index (χ3v) is 7.63. The first-order chi connectivity index (χ1) is 19.4. The van der Waals surface area contributed by atoms with Crippen LogP contribution in [0.5, 0.6) is 17.2 Å². The zero-order chi connectivity index (χ0) is 28.2. The van der Waals surface area contributed by atoms with E-state index in [1.165, 1.54) is 16.2 Å². The van der Waals surface area contributed by atoms with Gasteiger partial charge in [-0.3, -0.25) is 14.5 Å². The van der Waals surface area contributed by atoms with Crippen molar-refractivity contribution < 1.29 is 28.9 Å². The molecule has 0 aliphatic carbocycles. The molecule has 1 fully saturated rings. The summed E-state index contributed by atoms with van der Waals surface area (Å²) in [6.45, 7) is 5.06. The molecule has 1 atom stereocenters. The van der Waals surface area contributed by atoms with Crippen LogP contribution in [0.25, 0.3) is 16.0 Å². The Morgan fingerprint density at radius 3 is 2.45 bits per heavy atom.